The first-order valence-corrected chi connectivity index (χ1v) is 43.0. The number of alkyl halides is 1. The van der Waals surface area contributed by atoms with Crippen molar-refractivity contribution in [1.82, 2.24) is 86.5 Å². The lowest BCUT2D eigenvalue weighted by molar-refractivity contribution is -0.117. The molecule has 16 N–H and O–H groups in total. The van der Waals surface area contributed by atoms with Crippen LogP contribution in [-0.4, -0.2) is 196 Å². The Kier molecular flexibility index (Phi) is 26.9. The number of anilines is 12. The monoisotopic (exact) mass is 1880 g/mol. The van der Waals surface area contributed by atoms with Crippen LogP contribution in [0.4, 0.5) is 68.8 Å². The van der Waals surface area contributed by atoms with E-state index in [2.05, 4.69) is 99.4 Å². The van der Waals surface area contributed by atoms with E-state index < -0.39 is 76.8 Å². The first kappa shape index (κ1) is 93.8. The molecule has 47 heteroatoms. The Hall–Kier alpha value is -17.9. The Morgan fingerprint density at radius 3 is 1.18 bits per heavy atom. The minimum absolute atomic E-state index is 0.00389. The average molecular weight is 1890 g/mol. The lowest BCUT2D eigenvalue weighted by Gasteiger charge is -2.17. The molecule has 0 bridgehead atoms. The molecular formula is C90H93ClN30O16. The van der Waals surface area contributed by atoms with E-state index in [1.54, 1.807) is 109 Å². The first-order chi connectivity index (χ1) is 65.3. The Morgan fingerprint density at radius 1 is 0.365 bits per heavy atom. The summed E-state index contributed by atoms with van der Waals surface area (Å²) in [5.41, 5.74) is 5.72. The number of carbonyl (C=O) groups is 15. The van der Waals surface area contributed by atoms with Crippen molar-refractivity contribution in [1.29, 1.82) is 0 Å². The molecule has 1 unspecified atom stereocenters. The summed E-state index contributed by atoms with van der Waals surface area (Å²) in [7, 11) is 15.8. The molecule has 46 nitrogen and oxygen atoms in total. The molecule has 0 aliphatic carbocycles. The number of aromatic nitrogens is 15. The number of aromatic hydroxyl groups is 1. The van der Waals surface area contributed by atoms with Gasteiger partial charge in [0, 0.05) is 225 Å². The normalized spacial score (nSPS) is 12.1. The summed E-state index contributed by atoms with van der Waals surface area (Å²) >= 11 is 6.43. The summed E-state index contributed by atoms with van der Waals surface area (Å²) in [5.74, 6) is -8.17. The molecule has 1 aliphatic heterocycles. The number of benzene rings is 3. The van der Waals surface area contributed by atoms with Crippen LogP contribution in [0.3, 0.4) is 0 Å². The molecule has 15 amide bonds. The van der Waals surface area contributed by atoms with Gasteiger partial charge in [-0.15, -0.1) is 11.6 Å². The molecule has 15 rings (SSSR count). The highest BCUT2D eigenvalue weighted by molar-refractivity contribution is 6.20. The van der Waals surface area contributed by atoms with E-state index in [1.165, 1.54) is 148 Å². The number of rotatable bonds is 33. The molecule has 1 atom stereocenters. The molecule has 1 aliphatic rings. The number of amides is 15. The molecule has 0 radical (unpaired) electrons. The van der Waals surface area contributed by atoms with Crippen molar-refractivity contribution in [3.63, 3.8) is 0 Å². The molecule has 3 aromatic carbocycles. The van der Waals surface area contributed by atoms with Crippen molar-refractivity contribution < 1.29 is 77.0 Å². The third-order valence-electron chi connectivity index (χ3n) is 22.2. The van der Waals surface area contributed by atoms with Crippen LogP contribution in [0.25, 0.3) is 21.7 Å². The zero-order valence-electron chi connectivity index (χ0n) is 75.5. The number of carbonyl (C=O) groups excluding carboxylic acids is 15. The smallest absolute Gasteiger partial charge is 0.292 e. The third kappa shape index (κ3) is 21.0. The predicted octanol–water partition coefficient (Wildman–Crippen LogP) is 7.36. The zero-order chi connectivity index (χ0) is 97.8. The van der Waals surface area contributed by atoms with E-state index in [9.17, 15) is 77.0 Å². The predicted molar refractivity (Wildman–Crippen MR) is 506 cm³/mol. The maximum atomic E-state index is 14.1. The fraction of sp³-hybridized carbons (Fsp3) is 0.233. The highest BCUT2D eigenvalue weighted by Gasteiger charge is 2.37. The topological polar surface area (TPSA) is 565 Å². The van der Waals surface area contributed by atoms with Gasteiger partial charge >= 0.3 is 0 Å². The van der Waals surface area contributed by atoms with E-state index in [0.29, 0.717) is 57.0 Å². The third-order valence-corrected chi connectivity index (χ3v) is 22.6. The van der Waals surface area contributed by atoms with Gasteiger partial charge in [0.1, 0.15) is 45.6 Å². The van der Waals surface area contributed by atoms with Crippen LogP contribution in [0, 0.1) is 0 Å². The van der Waals surface area contributed by atoms with Crippen LogP contribution < -0.4 is 79.3 Å². The number of halogens is 1. The molecule has 137 heavy (non-hydrogen) atoms. The standard InChI is InChI=1S/C90H93ClN30O16/c1-46(122)95-50-27-62(112(3)36-50)82(129)100-54-31-66(116(7)40-54)85(132)108-69-43-117(8)77(105-69)87(134)94-24-20-73(125)97-52-29-65(114(5)38-52)84(131)109-70-44-120(11)79(107-70)89(136)110-71-45-118(9)76(106-71)86(133)92-22-14-17-72(124)96-51-28-63(113(4)37-51)83(130)99-53-30-61(111(2)39-53)80(127)93-23-21-74(126)103-68-42-119(10)78(104-68)88(135)101-55-32-64(115(6)41-55)81(128)98-49-18-19-58-47(25-49)26-59(102-58)90(137)121-35-48(34-91)75-57-16-13-12-15-56(57)67(123)33-60(75)121/h12-13,15-16,18-19,25-33,36-45,48,102,123H,14,17,20-24,34-35H2,1-11H3,(H,92,133)(H,93,127)(H,94,134)(H,95,122)(H,96,124)(H,97,125)(H,98,128)(H,99,130)(H,100,129)(H,101,135)(H,103,126)(H,108,132)(H,109,131)(H,110,136). The lowest BCUT2D eigenvalue weighted by atomic mass is 9.95. The van der Waals surface area contributed by atoms with Crippen LogP contribution in [0.1, 0.15) is 160 Å². The second kappa shape index (κ2) is 39.3. The molecule has 706 valence electrons. The molecule has 0 saturated carbocycles. The van der Waals surface area contributed by atoms with E-state index >= 15 is 0 Å². The highest BCUT2D eigenvalue weighted by Crippen LogP contribution is 2.46. The summed E-state index contributed by atoms with van der Waals surface area (Å²) in [6.45, 7) is 1.49. The Labute approximate surface area is 782 Å². The van der Waals surface area contributed by atoms with E-state index in [1.807, 2.05) is 24.3 Å². The van der Waals surface area contributed by atoms with Crippen molar-refractivity contribution in [2.75, 3.05) is 95.4 Å². The van der Waals surface area contributed by atoms with Crippen molar-refractivity contribution in [2.24, 2.45) is 70.5 Å². The van der Waals surface area contributed by atoms with E-state index in [-0.39, 0.29) is 172 Å². The van der Waals surface area contributed by atoms with Gasteiger partial charge in [0.15, 0.2) is 23.3 Å². The SMILES string of the molecule is CC(=O)Nc1cc(C(=O)Nc2cc(C(=O)Nc3cn(C)c(C(=O)NCCC(=O)Nc4cc(C(=O)Nc5cn(C)c(C(=O)Nc6cn(C)c(C(=O)NCCCC(=O)Nc7cc(C(=O)Nc8cc(C(=O)NCCC(=O)Nc9cn(C)c(C(=O)Nc%10cc(C(=O)Nc%11ccc%12[nH]c(C(=O)N%13CC(CCl)c%14c%13cc(O)c%13ccccc%14%13)cc%12c%11)n(C)c%10)n9)n(C)c8)n(C)c7)n6)n5)n(C)c4)n3)n(C)c2)n(C)c1. The van der Waals surface area contributed by atoms with Crippen molar-refractivity contribution >= 4 is 191 Å². The minimum Gasteiger partial charge on any atom is -0.507 e. The molecule has 14 aromatic rings. The van der Waals surface area contributed by atoms with Crippen LogP contribution in [0.2, 0.25) is 0 Å². The average Bonchev–Trinajstić information content (AvgIpc) is 1.60. The number of imidazole rings is 4. The Bertz CT molecular complexity index is 7290. The molecule has 12 heterocycles. The largest absolute Gasteiger partial charge is 0.507 e. The quantitative estimate of drug-likeness (QED) is 0.0141. The van der Waals surface area contributed by atoms with Gasteiger partial charge in [-0.2, -0.15) is 0 Å². The maximum absolute atomic E-state index is 14.1. The fourth-order valence-electron chi connectivity index (χ4n) is 15.8. The van der Waals surface area contributed by atoms with Gasteiger partial charge in [-0.1, -0.05) is 24.3 Å². The van der Waals surface area contributed by atoms with Gasteiger partial charge < -0.3 is 135 Å². The highest BCUT2D eigenvalue weighted by atomic mass is 35.5. The van der Waals surface area contributed by atoms with Crippen molar-refractivity contribution in [2.45, 2.75) is 38.5 Å². The number of phenols is 1. The van der Waals surface area contributed by atoms with Gasteiger partial charge in [-0.3, -0.25) is 71.9 Å². The second-order valence-electron chi connectivity index (χ2n) is 32.6. The number of phenolic OH excluding ortho intramolecular Hbond substituents is 1. The summed E-state index contributed by atoms with van der Waals surface area (Å²) in [6, 6.07) is 24.7. The number of aryl methyl sites for hydroxylation is 10. The Morgan fingerprint density at radius 2 is 0.723 bits per heavy atom. The number of nitrogens with one attached hydrogen (secondary N) is 15. The summed E-state index contributed by atoms with van der Waals surface area (Å²) < 4.78 is 14.5. The lowest BCUT2D eigenvalue weighted by Crippen LogP contribution is -2.30. The first-order valence-electron chi connectivity index (χ1n) is 42.4. The zero-order valence-corrected chi connectivity index (χ0v) is 76.3. The van der Waals surface area contributed by atoms with Crippen LogP contribution in [0.15, 0.2) is 153 Å². The summed E-state index contributed by atoms with van der Waals surface area (Å²) in [5, 5.41) is 50.8. The number of hydrogen-bond donors (Lipinski definition) is 16. The maximum Gasteiger partial charge on any atom is 0.292 e. The molecule has 0 fully saturated rings. The molecule has 11 aromatic heterocycles. The van der Waals surface area contributed by atoms with E-state index in [4.69, 9.17) is 11.6 Å². The fourth-order valence-corrected chi connectivity index (χ4v) is 16.0. The van der Waals surface area contributed by atoms with Gasteiger partial charge in [0.05, 0.1) is 39.8 Å². The Balaban J connectivity index is 0.443. The van der Waals surface area contributed by atoms with Gasteiger partial charge in [0.2, 0.25) is 46.9 Å². The second-order valence-corrected chi connectivity index (χ2v) is 32.9. The minimum atomic E-state index is -0.738. The number of fused-ring (bicyclic) bond motifs is 4. The number of nitrogens with zero attached hydrogens (tertiary/aromatic N) is 15. The summed E-state index contributed by atoms with van der Waals surface area (Å²) in [4.78, 5) is 221. The summed E-state index contributed by atoms with van der Waals surface area (Å²) in [6.07, 6.45) is 14.6. The van der Waals surface area contributed by atoms with Crippen LogP contribution in [-0.2, 0) is 89.7 Å². The van der Waals surface area contributed by atoms with Gasteiger partial charge in [-0.25, -0.2) is 19.9 Å². The molecule has 0 spiro atoms. The number of aromatic amines is 1. The van der Waals surface area contributed by atoms with Gasteiger partial charge in [0.25, 0.3) is 65.0 Å². The van der Waals surface area contributed by atoms with Gasteiger partial charge in [-0.05, 0) is 78.0 Å². The number of hydrogen-bond acceptors (Lipinski definition) is 20. The number of H-pyrrole nitrogens is 1. The van der Waals surface area contributed by atoms with Crippen LogP contribution >= 0.6 is 11.6 Å². The van der Waals surface area contributed by atoms with Crippen molar-refractivity contribution in [3.05, 3.63) is 222 Å². The van der Waals surface area contributed by atoms with Crippen LogP contribution in [0.5, 0.6) is 5.75 Å². The molecule has 0 saturated heterocycles. The molecular weight excluding hydrogens is 1790 g/mol. The van der Waals surface area contributed by atoms with E-state index in [0.717, 1.165) is 10.9 Å². The van der Waals surface area contributed by atoms with Crippen molar-refractivity contribution in [3.8, 4) is 5.75 Å².